The van der Waals surface area contributed by atoms with Crippen LogP contribution >= 0.6 is 15.9 Å². The molecule has 1 aromatic carbocycles. The summed E-state index contributed by atoms with van der Waals surface area (Å²) >= 11 is 3.49. The number of fused-ring (bicyclic) bond motifs is 1. The van der Waals surface area contributed by atoms with Gasteiger partial charge in [-0.2, -0.15) is 0 Å². The van der Waals surface area contributed by atoms with E-state index in [4.69, 9.17) is 4.74 Å². The van der Waals surface area contributed by atoms with Crippen LogP contribution < -0.4 is 9.80 Å². The summed E-state index contributed by atoms with van der Waals surface area (Å²) in [4.78, 5) is 13.2. The lowest BCUT2D eigenvalue weighted by molar-refractivity contribution is 0.122. The van der Waals surface area contributed by atoms with Crippen molar-refractivity contribution in [3.05, 3.63) is 47.0 Å². The first-order valence-corrected chi connectivity index (χ1v) is 9.26. The van der Waals surface area contributed by atoms with Gasteiger partial charge in [-0.15, -0.1) is 0 Å². The van der Waals surface area contributed by atoms with Crippen LogP contribution in [0.5, 0.6) is 0 Å². The number of hydrogen-bond donors (Lipinski definition) is 1. The third-order valence-electron chi connectivity index (χ3n) is 4.65. The van der Waals surface area contributed by atoms with Gasteiger partial charge in [-0.1, -0.05) is 0 Å². The lowest BCUT2D eigenvalue weighted by Crippen LogP contribution is -2.36. The molecule has 0 spiro atoms. The van der Waals surface area contributed by atoms with E-state index >= 15 is 0 Å². The zero-order chi connectivity index (χ0) is 18.1. The van der Waals surface area contributed by atoms with Gasteiger partial charge in [-0.25, -0.2) is 9.97 Å². The van der Waals surface area contributed by atoms with Gasteiger partial charge in [0.2, 0.25) is 0 Å². The van der Waals surface area contributed by atoms with Gasteiger partial charge in [0.05, 0.1) is 26.0 Å². The number of ether oxygens (including phenoxy) is 1. The summed E-state index contributed by atoms with van der Waals surface area (Å²) in [5.41, 5.74) is 3.67. The van der Waals surface area contributed by atoms with Gasteiger partial charge in [0.25, 0.3) is 0 Å². The molecule has 1 N–H and O–H groups in total. The Balaban J connectivity index is 1.70. The third-order valence-corrected chi connectivity index (χ3v) is 5.24. The number of aliphatic hydroxyl groups is 1. The van der Waals surface area contributed by atoms with E-state index in [9.17, 15) is 5.11 Å². The molecule has 0 bridgehead atoms. The van der Waals surface area contributed by atoms with E-state index in [1.807, 2.05) is 34.7 Å². The third kappa shape index (κ3) is 3.04. The van der Waals surface area contributed by atoms with Crippen molar-refractivity contribution in [3.8, 4) is 0 Å². The SMILES string of the molecule is CN(c1ccc(N2CCOCC2)c(CO)c1)c1ncc(Br)n2ccnc12. The minimum Gasteiger partial charge on any atom is -0.392 e. The predicted molar refractivity (Wildman–Crippen MR) is 104 cm³/mol. The Labute approximate surface area is 160 Å². The second-order valence-electron chi connectivity index (χ2n) is 6.15. The number of morpholine rings is 1. The van der Waals surface area contributed by atoms with Crippen molar-refractivity contribution >= 4 is 38.8 Å². The second-order valence-corrected chi connectivity index (χ2v) is 6.97. The molecule has 0 aliphatic carbocycles. The van der Waals surface area contributed by atoms with Crippen LogP contribution in [0, 0.1) is 0 Å². The number of anilines is 3. The first-order chi connectivity index (χ1) is 12.7. The first-order valence-electron chi connectivity index (χ1n) is 8.47. The highest BCUT2D eigenvalue weighted by Gasteiger charge is 2.18. The Kier molecular flexibility index (Phi) is 4.80. The molecule has 3 aromatic rings. The Morgan fingerprint density at radius 3 is 2.85 bits per heavy atom. The van der Waals surface area contributed by atoms with Crippen LogP contribution in [0.25, 0.3) is 5.65 Å². The van der Waals surface area contributed by atoms with Crippen molar-refractivity contribution in [2.45, 2.75) is 6.61 Å². The Bertz CT molecular complexity index is 923. The summed E-state index contributed by atoms with van der Waals surface area (Å²) < 4.78 is 8.21. The molecule has 26 heavy (non-hydrogen) atoms. The van der Waals surface area contributed by atoms with Crippen LogP contribution in [0.2, 0.25) is 0 Å². The molecule has 1 saturated heterocycles. The molecule has 136 valence electrons. The largest absolute Gasteiger partial charge is 0.392 e. The van der Waals surface area contributed by atoms with E-state index in [-0.39, 0.29) is 6.61 Å². The molecule has 7 nitrogen and oxygen atoms in total. The van der Waals surface area contributed by atoms with Crippen molar-refractivity contribution in [3.63, 3.8) is 0 Å². The average molecular weight is 418 g/mol. The van der Waals surface area contributed by atoms with Gasteiger partial charge < -0.3 is 19.6 Å². The molecule has 8 heteroatoms. The van der Waals surface area contributed by atoms with Crippen LogP contribution in [0.3, 0.4) is 0 Å². The topological polar surface area (TPSA) is 66.1 Å². The van der Waals surface area contributed by atoms with Gasteiger partial charge in [0, 0.05) is 49.5 Å². The molecule has 0 unspecified atom stereocenters. The Hall–Kier alpha value is -2.16. The first kappa shape index (κ1) is 17.3. The summed E-state index contributed by atoms with van der Waals surface area (Å²) in [6.45, 7) is 3.09. The minimum absolute atomic E-state index is 0.0130. The second kappa shape index (κ2) is 7.22. The number of imidazole rings is 1. The average Bonchev–Trinajstić information content (AvgIpc) is 3.19. The maximum Gasteiger partial charge on any atom is 0.181 e. The van der Waals surface area contributed by atoms with Crippen molar-refractivity contribution in [1.29, 1.82) is 0 Å². The van der Waals surface area contributed by atoms with Crippen molar-refractivity contribution in [2.75, 3.05) is 43.2 Å². The van der Waals surface area contributed by atoms with E-state index in [0.29, 0.717) is 13.2 Å². The fraction of sp³-hybridized carbons (Fsp3) is 0.333. The summed E-state index contributed by atoms with van der Waals surface area (Å²) in [5.74, 6) is 0.751. The van der Waals surface area contributed by atoms with Crippen molar-refractivity contribution < 1.29 is 9.84 Å². The maximum atomic E-state index is 9.89. The van der Waals surface area contributed by atoms with Crippen LogP contribution in [-0.2, 0) is 11.3 Å². The summed E-state index contributed by atoms with van der Waals surface area (Å²) in [6, 6.07) is 6.12. The number of aromatic nitrogens is 3. The van der Waals surface area contributed by atoms with Crippen LogP contribution in [-0.4, -0.2) is 52.8 Å². The molecule has 1 aliphatic rings. The fourth-order valence-corrected chi connectivity index (χ4v) is 3.64. The van der Waals surface area contributed by atoms with Gasteiger partial charge in [-0.3, -0.25) is 4.40 Å². The van der Waals surface area contributed by atoms with Gasteiger partial charge in [0.1, 0.15) is 4.60 Å². The quantitative estimate of drug-likeness (QED) is 0.703. The summed E-state index contributed by atoms with van der Waals surface area (Å²) in [7, 11) is 1.95. The number of hydrogen-bond acceptors (Lipinski definition) is 6. The number of nitrogens with zero attached hydrogens (tertiary/aromatic N) is 5. The lowest BCUT2D eigenvalue weighted by Gasteiger charge is -2.31. The zero-order valence-electron chi connectivity index (χ0n) is 14.5. The standard InChI is InChI=1S/C18H20BrN5O2/c1-22(17-18-20-4-5-24(18)16(19)11-21-17)14-2-3-15(13(10-14)12-25)23-6-8-26-9-7-23/h2-5,10-11,25H,6-9,12H2,1H3. The van der Waals surface area contributed by atoms with Gasteiger partial charge in [0.15, 0.2) is 11.5 Å². The molecule has 1 aliphatic heterocycles. The van der Waals surface area contributed by atoms with Gasteiger partial charge in [-0.05, 0) is 34.1 Å². The lowest BCUT2D eigenvalue weighted by atomic mass is 10.1. The van der Waals surface area contributed by atoms with Crippen LogP contribution in [0.1, 0.15) is 5.56 Å². The number of halogens is 1. The van der Waals surface area contributed by atoms with E-state index in [1.54, 1.807) is 12.4 Å². The predicted octanol–water partition coefficient (Wildman–Crippen LogP) is 2.59. The monoisotopic (exact) mass is 417 g/mol. The number of benzene rings is 1. The maximum absolute atomic E-state index is 9.89. The van der Waals surface area contributed by atoms with Crippen molar-refractivity contribution in [1.82, 2.24) is 14.4 Å². The molecule has 2 aromatic heterocycles. The van der Waals surface area contributed by atoms with Gasteiger partial charge >= 0.3 is 0 Å². The Morgan fingerprint density at radius 2 is 2.08 bits per heavy atom. The summed E-state index contributed by atoms with van der Waals surface area (Å²) in [5, 5.41) is 9.89. The Morgan fingerprint density at radius 1 is 1.27 bits per heavy atom. The number of rotatable bonds is 4. The smallest absolute Gasteiger partial charge is 0.181 e. The molecule has 1 fully saturated rings. The van der Waals surface area contributed by atoms with E-state index in [0.717, 1.165) is 46.1 Å². The molecule has 0 atom stereocenters. The van der Waals surface area contributed by atoms with E-state index in [1.165, 1.54) is 0 Å². The molecule has 0 radical (unpaired) electrons. The van der Waals surface area contributed by atoms with Crippen LogP contribution in [0.15, 0.2) is 41.4 Å². The molecule has 3 heterocycles. The zero-order valence-corrected chi connectivity index (χ0v) is 16.1. The van der Waals surface area contributed by atoms with E-state index < -0.39 is 0 Å². The molecular formula is C18H20BrN5O2. The minimum atomic E-state index is -0.0130. The highest BCUT2D eigenvalue weighted by atomic mass is 79.9. The fourth-order valence-electron chi connectivity index (χ4n) is 3.25. The highest BCUT2D eigenvalue weighted by molar-refractivity contribution is 9.10. The van der Waals surface area contributed by atoms with Crippen LogP contribution in [0.4, 0.5) is 17.2 Å². The highest BCUT2D eigenvalue weighted by Crippen LogP contribution is 2.31. The molecule has 0 saturated carbocycles. The normalized spacial score (nSPS) is 14.8. The molecule has 0 amide bonds. The molecular weight excluding hydrogens is 398 g/mol. The summed E-state index contributed by atoms with van der Waals surface area (Å²) in [6.07, 6.45) is 5.40. The molecule has 4 rings (SSSR count). The number of aliphatic hydroxyl groups excluding tert-OH is 1. The van der Waals surface area contributed by atoms with Crippen molar-refractivity contribution in [2.24, 2.45) is 0 Å². The van der Waals surface area contributed by atoms with E-state index in [2.05, 4.69) is 36.9 Å².